The molecule has 5 heteroatoms. The van der Waals surface area contributed by atoms with Gasteiger partial charge in [0.2, 0.25) is 0 Å². The van der Waals surface area contributed by atoms with E-state index in [9.17, 15) is 9.59 Å². The van der Waals surface area contributed by atoms with E-state index >= 15 is 0 Å². The SMILES string of the molecule is COC(=O)c1c(C)[nH]c(C(=O)N[C@@H](C)C2CC2)c1C. The molecule has 104 valence electrons. The van der Waals surface area contributed by atoms with Crippen LogP contribution in [0.25, 0.3) is 0 Å². The third kappa shape index (κ3) is 2.64. The van der Waals surface area contributed by atoms with Gasteiger partial charge in [0.15, 0.2) is 0 Å². The quantitative estimate of drug-likeness (QED) is 0.816. The van der Waals surface area contributed by atoms with E-state index in [2.05, 4.69) is 10.3 Å². The monoisotopic (exact) mass is 264 g/mol. The lowest BCUT2D eigenvalue weighted by Gasteiger charge is -2.12. The van der Waals surface area contributed by atoms with Crippen LogP contribution in [-0.4, -0.2) is 30.0 Å². The fourth-order valence-electron chi connectivity index (χ4n) is 2.38. The number of carbonyl (C=O) groups excluding carboxylic acids is 2. The molecule has 0 unspecified atom stereocenters. The first-order valence-corrected chi connectivity index (χ1v) is 6.54. The van der Waals surface area contributed by atoms with Crippen LogP contribution in [0.4, 0.5) is 0 Å². The summed E-state index contributed by atoms with van der Waals surface area (Å²) in [6.07, 6.45) is 2.36. The van der Waals surface area contributed by atoms with Crippen LogP contribution in [0.5, 0.6) is 0 Å². The summed E-state index contributed by atoms with van der Waals surface area (Å²) in [6.45, 7) is 5.54. The number of methoxy groups -OCH3 is 1. The van der Waals surface area contributed by atoms with Gasteiger partial charge in [-0.3, -0.25) is 4.79 Å². The van der Waals surface area contributed by atoms with Crippen LogP contribution < -0.4 is 5.32 Å². The average molecular weight is 264 g/mol. The zero-order valence-electron chi connectivity index (χ0n) is 11.8. The van der Waals surface area contributed by atoms with Gasteiger partial charge in [-0.15, -0.1) is 0 Å². The molecule has 1 heterocycles. The highest BCUT2D eigenvalue weighted by molar-refractivity contribution is 6.00. The molecule has 0 saturated heterocycles. The van der Waals surface area contributed by atoms with Gasteiger partial charge >= 0.3 is 5.97 Å². The summed E-state index contributed by atoms with van der Waals surface area (Å²) >= 11 is 0. The number of nitrogens with one attached hydrogen (secondary N) is 2. The van der Waals surface area contributed by atoms with Gasteiger partial charge in [-0.25, -0.2) is 4.79 Å². The van der Waals surface area contributed by atoms with Gasteiger partial charge in [0, 0.05) is 11.7 Å². The number of carbonyl (C=O) groups is 2. The highest BCUT2D eigenvalue weighted by Gasteiger charge is 2.30. The molecule has 0 aromatic carbocycles. The van der Waals surface area contributed by atoms with Crippen LogP contribution in [0.15, 0.2) is 0 Å². The Balaban J connectivity index is 2.20. The molecule has 2 rings (SSSR count). The first kappa shape index (κ1) is 13.6. The molecule has 1 aromatic heterocycles. The van der Waals surface area contributed by atoms with Crippen LogP contribution in [0.1, 0.15) is 51.9 Å². The number of hydrogen-bond acceptors (Lipinski definition) is 3. The first-order chi connectivity index (χ1) is 8.95. The Bertz CT molecular complexity index is 515. The lowest BCUT2D eigenvalue weighted by atomic mass is 10.1. The number of esters is 1. The van der Waals surface area contributed by atoms with Crippen molar-refractivity contribution >= 4 is 11.9 Å². The van der Waals surface area contributed by atoms with Gasteiger partial charge < -0.3 is 15.0 Å². The van der Waals surface area contributed by atoms with E-state index in [4.69, 9.17) is 4.74 Å². The molecule has 0 aliphatic heterocycles. The van der Waals surface area contributed by atoms with Crippen molar-refractivity contribution in [3.05, 3.63) is 22.5 Å². The predicted octanol–water partition coefficient (Wildman–Crippen LogP) is 1.95. The van der Waals surface area contributed by atoms with E-state index in [0.29, 0.717) is 28.4 Å². The minimum absolute atomic E-state index is 0.157. The standard InChI is InChI=1S/C14H20N2O3/c1-7-11(14(18)19-4)9(3)15-12(7)13(17)16-8(2)10-5-6-10/h8,10,15H,5-6H2,1-4H3,(H,16,17)/t8-/m0/s1. The third-order valence-electron chi connectivity index (χ3n) is 3.74. The van der Waals surface area contributed by atoms with Crippen molar-refractivity contribution in [2.24, 2.45) is 5.92 Å². The molecular weight excluding hydrogens is 244 g/mol. The number of rotatable bonds is 4. The van der Waals surface area contributed by atoms with E-state index in [1.165, 1.54) is 20.0 Å². The summed E-state index contributed by atoms with van der Waals surface area (Å²) in [5, 5.41) is 2.97. The highest BCUT2D eigenvalue weighted by atomic mass is 16.5. The van der Waals surface area contributed by atoms with Gasteiger partial charge in [-0.05, 0) is 45.1 Å². The number of aromatic nitrogens is 1. The normalized spacial score (nSPS) is 16.0. The smallest absolute Gasteiger partial charge is 0.339 e. The van der Waals surface area contributed by atoms with Crippen LogP contribution in [0.2, 0.25) is 0 Å². The third-order valence-corrected chi connectivity index (χ3v) is 3.74. The maximum Gasteiger partial charge on any atom is 0.339 e. The van der Waals surface area contributed by atoms with Crippen molar-refractivity contribution in [3.63, 3.8) is 0 Å². The summed E-state index contributed by atoms with van der Waals surface area (Å²) in [5.74, 6) is 0.0242. The summed E-state index contributed by atoms with van der Waals surface area (Å²) in [5.41, 5.74) is 2.20. The number of aryl methyl sites for hydroxylation is 1. The second-order valence-electron chi connectivity index (χ2n) is 5.22. The van der Waals surface area contributed by atoms with Crippen molar-refractivity contribution < 1.29 is 14.3 Å². The van der Waals surface area contributed by atoms with E-state index in [1.807, 2.05) is 6.92 Å². The van der Waals surface area contributed by atoms with Crippen molar-refractivity contribution in [2.75, 3.05) is 7.11 Å². The van der Waals surface area contributed by atoms with Crippen LogP contribution in [0, 0.1) is 19.8 Å². The Morgan fingerprint density at radius 1 is 1.37 bits per heavy atom. The minimum Gasteiger partial charge on any atom is -0.465 e. The summed E-state index contributed by atoms with van der Waals surface area (Å²) in [4.78, 5) is 26.8. The van der Waals surface area contributed by atoms with Crippen molar-refractivity contribution in [1.82, 2.24) is 10.3 Å². The molecular formula is C14H20N2O3. The van der Waals surface area contributed by atoms with Crippen molar-refractivity contribution in [1.29, 1.82) is 0 Å². The molecule has 5 nitrogen and oxygen atoms in total. The maximum absolute atomic E-state index is 12.2. The fraction of sp³-hybridized carbons (Fsp3) is 0.571. The number of H-pyrrole nitrogens is 1. The predicted molar refractivity (Wildman–Crippen MR) is 71.3 cm³/mol. The lowest BCUT2D eigenvalue weighted by Crippen LogP contribution is -2.34. The van der Waals surface area contributed by atoms with E-state index in [1.54, 1.807) is 13.8 Å². The lowest BCUT2D eigenvalue weighted by molar-refractivity contribution is 0.0599. The van der Waals surface area contributed by atoms with E-state index < -0.39 is 5.97 Å². The number of amides is 1. The van der Waals surface area contributed by atoms with Gasteiger partial charge in [0.25, 0.3) is 5.91 Å². The van der Waals surface area contributed by atoms with Crippen molar-refractivity contribution in [2.45, 2.75) is 39.7 Å². The van der Waals surface area contributed by atoms with E-state index in [-0.39, 0.29) is 11.9 Å². The second kappa shape index (κ2) is 5.07. The van der Waals surface area contributed by atoms with Gasteiger partial charge in [-0.2, -0.15) is 0 Å². The van der Waals surface area contributed by atoms with Crippen LogP contribution in [0.3, 0.4) is 0 Å². The van der Waals surface area contributed by atoms with Gasteiger partial charge in [-0.1, -0.05) is 0 Å². The Kier molecular flexibility index (Phi) is 3.64. The fourth-order valence-corrected chi connectivity index (χ4v) is 2.38. The topological polar surface area (TPSA) is 71.2 Å². The Hall–Kier alpha value is -1.78. The zero-order valence-corrected chi connectivity index (χ0v) is 11.8. The number of ether oxygens (including phenoxy) is 1. The Morgan fingerprint density at radius 3 is 2.53 bits per heavy atom. The largest absolute Gasteiger partial charge is 0.465 e. The maximum atomic E-state index is 12.2. The summed E-state index contributed by atoms with van der Waals surface area (Å²) in [7, 11) is 1.34. The molecule has 1 amide bonds. The van der Waals surface area contributed by atoms with Crippen LogP contribution in [-0.2, 0) is 4.74 Å². The molecule has 1 aliphatic rings. The van der Waals surface area contributed by atoms with Crippen LogP contribution >= 0.6 is 0 Å². The molecule has 2 N–H and O–H groups in total. The molecule has 1 saturated carbocycles. The molecule has 1 aromatic rings. The molecule has 0 bridgehead atoms. The Morgan fingerprint density at radius 2 is 2.00 bits per heavy atom. The van der Waals surface area contributed by atoms with Gasteiger partial charge in [0.05, 0.1) is 12.7 Å². The highest BCUT2D eigenvalue weighted by Crippen LogP contribution is 2.32. The molecule has 1 atom stereocenters. The summed E-state index contributed by atoms with van der Waals surface area (Å²) < 4.78 is 4.73. The summed E-state index contributed by atoms with van der Waals surface area (Å²) in [6, 6.07) is 0.178. The number of hydrogen-bond donors (Lipinski definition) is 2. The first-order valence-electron chi connectivity index (χ1n) is 6.54. The number of aromatic amines is 1. The molecule has 0 radical (unpaired) electrons. The molecule has 1 fully saturated rings. The minimum atomic E-state index is -0.416. The molecule has 0 spiro atoms. The van der Waals surface area contributed by atoms with Gasteiger partial charge in [0.1, 0.15) is 5.69 Å². The molecule has 1 aliphatic carbocycles. The van der Waals surface area contributed by atoms with E-state index in [0.717, 1.165) is 0 Å². The molecule has 19 heavy (non-hydrogen) atoms. The van der Waals surface area contributed by atoms with Crippen molar-refractivity contribution in [3.8, 4) is 0 Å². The second-order valence-corrected chi connectivity index (χ2v) is 5.22. The Labute approximate surface area is 112 Å². The average Bonchev–Trinajstić information content (AvgIpc) is 3.15. The zero-order chi connectivity index (χ0) is 14.2.